The zero-order chi connectivity index (χ0) is 26.3. The molecule has 2 aromatic carbocycles. The Morgan fingerprint density at radius 2 is 1.53 bits per heavy atom. The van der Waals surface area contributed by atoms with E-state index in [4.69, 9.17) is 9.47 Å². The van der Waals surface area contributed by atoms with Crippen molar-refractivity contribution >= 4 is 11.7 Å². The highest BCUT2D eigenvalue weighted by molar-refractivity contribution is 6.00. The van der Waals surface area contributed by atoms with E-state index in [1.165, 1.54) is 0 Å². The molecule has 0 bridgehead atoms. The molecule has 36 heavy (non-hydrogen) atoms. The van der Waals surface area contributed by atoms with Gasteiger partial charge in [-0.3, -0.25) is 9.59 Å². The van der Waals surface area contributed by atoms with Crippen LogP contribution in [0.1, 0.15) is 79.7 Å². The summed E-state index contributed by atoms with van der Waals surface area (Å²) >= 11 is 0. The van der Waals surface area contributed by atoms with E-state index < -0.39 is 0 Å². The maximum atomic E-state index is 14.3. The van der Waals surface area contributed by atoms with Crippen molar-refractivity contribution in [3.05, 3.63) is 59.2 Å². The van der Waals surface area contributed by atoms with Crippen LogP contribution in [0, 0.1) is 35.5 Å². The van der Waals surface area contributed by atoms with Crippen molar-refractivity contribution < 1.29 is 19.1 Å². The quantitative estimate of drug-likeness (QED) is 0.470. The second-order valence-electron chi connectivity index (χ2n) is 11.9. The van der Waals surface area contributed by atoms with Crippen molar-refractivity contribution in [2.75, 3.05) is 14.2 Å². The standard InChI is InChI=1S/C31H41NO4/c1-19-9-11-21(12-10-19)29(34)32-25-18-26-30(3,4)13-8-14-31(26,5)27(20(25)2)28(33)22-15-23(35-6)17-24(16-22)36-7/h9-12,15-17,20,25-27H,8,13-14,18H2,1-7H3,(H,32,34)/t20-,25+,26-,27+,31-/m0/s1. The summed E-state index contributed by atoms with van der Waals surface area (Å²) in [5, 5.41) is 3.33. The van der Waals surface area contributed by atoms with Crippen molar-refractivity contribution in [3.63, 3.8) is 0 Å². The Kier molecular flexibility index (Phi) is 7.23. The Hall–Kier alpha value is -2.82. The fourth-order valence-corrected chi connectivity index (χ4v) is 7.24. The molecule has 0 radical (unpaired) electrons. The number of Topliss-reactive ketones (excluding diaryl/α,β-unsaturated/α-hetero) is 1. The molecule has 2 fully saturated rings. The minimum Gasteiger partial charge on any atom is -0.497 e. The minimum absolute atomic E-state index is 0.0146. The van der Waals surface area contributed by atoms with E-state index in [1.54, 1.807) is 20.3 Å². The predicted molar refractivity (Wildman–Crippen MR) is 143 cm³/mol. The number of benzene rings is 2. The number of ether oxygens (including phenoxy) is 2. The van der Waals surface area contributed by atoms with Crippen LogP contribution < -0.4 is 14.8 Å². The van der Waals surface area contributed by atoms with Gasteiger partial charge in [-0.15, -0.1) is 0 Å². The smallest absolute Gasteiger partial charge is 0.251 e. The van der Waals surface area contributed by atoms with Crippen molar-refractivity contribution in [1.82, 2.24) is 5.32 Å². The van der Waals surface area contributed by atoms with Crippen molar-refractivity contribution in [3.8, 4) is 11.5 Å². The number of ketones is 1. The lowest BCUT2D eigenvalue weighted by molar-refractivity contribution is -0.0902. The number of nitrogens with one attached hydrogen (secondary N) is 1. The zero-order valence-corrected chi connectivity index (χ0v) is 22.8. The maximum absolute atomic E-state index is 14.3. The molecule has 5 heteroatoms. The third-order valence-corrected chi connectivity index (χ3v) is 9.19. The van der Waals surface area contributed by atoms with Crippen LogP contribution in [0.25, 0.3) is 0 Å². The molecule has 2 aliphatic carbocycles. The van der Waals surface area contributed by atoms with Crippen LogP contribution >= 0.6 is 0 Å². The Labute approximate surface area is 216 Å². The summed E-state index contributed by atoms with van der Waals surface area (Å²) in [4.78, 5) is 27.6. The first-order valence-corrected chi connectivity index (χ1v) is 13.1. The van der Waals surface area contributed by atoms with Gasteiger partial charge >= 0.3 is 0 Å². The van der Waals surface area contributed by atoms with Crippen molar-refractivity contribution in [1.29, 1.82) is 0 Å². The lowest BCUT2D eigenvalue weighted by Gasteiger charge is -2.60. The molecule has 0 aromatic heterocycles. The number of fused-ring (bicyclic) bond motifs is 1. The Bertz CT molecular complexity index is 1100. The lowest BCUT2D eigenvalue weighted by atomic mass is 9.45. The van der Waals surface area contributed by atoms with E-state index in [2.05, 4.69) is 33.0 Å². The fraction of sp³-hybridized carbons (Fsp3) is 0.548. The predicted octanol–water partition coefficient (Wildman–Crippen LogP) is 6.48. The van der Waals surface area contributed by atoms with Gasteiger partial charge in [-0.05, 0) is 73.1 Å². The number of aryl methyl sites for hydroxylation is 1. The highest BCUT2D eigenvalue weighted by atomic mass is 16.5. The molecule has 5 atom stereocenters. The molecule has 5 nitrogen and oxygen atoms in total. The van der Waals surface area contributed by atoms with E-state index in [-0.39, 0.29) is 40.4 Å². The van der Waals surface area contributed by atoms with E-state index in [9.17, 15) is 9.59 Å². The first-order chi connectivity index (χ1) is 17.0. The first kappa shape index (κ1) is 26.2. The minimum atomic E-state index is -0.226. The van der Waals surface area contributed by atoms with E-state index in [0.29, 0.717) is 28.5 Å². The summed E-state index contributed by atoms with van der Waals surface area (Å²) in [5.41, 5.74) is 2.32. The SMILES string of the molecule is COc1cc(OC)cc(C(=O)[C@H]2[C@@H](C)[C@H](NC(=O)c3ccc(C)cc3)C[C@H]3C(C)(C)CCC[C@]23C)c1. The van der Waals surface area contributed by atoms with E-state index in [1.807, 2.05) is 43.3 Å². The number of carbonyl (C=O) groups is 2. The van der Waals surface area contributed by atoms with Crippen LogP contribution in [-0.4, -0.2) is 32.0 Å². The summed E-state index contributed by atoms with van der Waals surface area (Å²) < 4.78 is 10.9. The van der Waals surface area contributed by atoms with Gasteiger partial charge in [0.05, 0.1) is 14.2 Å². The van der Waals surface area contributed by atoms with Gasteiger partial charge in [0, 0.05) is 29.2 Å². The maximum Gasteiger partial charge on any atom is 0.251 e. The van der Waals surface area contributed by atoms with Crippen LogP contribution in [0.5, 0.6) is 11.5 Å². The average Bonchev–Trinajstić information content (AvgIpc) is 2.84. The largest absolute Gasteiger partial charge is 0.497 e. The molecule has 0 saturated heterocycles. The molecule has 0 unspecified atom stereocenters. The first-order valence-electron chi connectivity index (χ1n) is 13.1. The molecule has 1 amide bonds. The van der Waals surface area contributed by atoms with Gasteiger partial charge in [0.25, 0.3) is 5.91 Å². The third-order valence-electron chi connectivity index (χ3n) is 9.19. The molecule has 0 spiro atoms. The van der Waals surface area contributed by atoms with Gasteiger partial charge in [0.1, 0.15) is 11.5 Å². The van der Waals surface area contributed by atoms with Crippen LogP contribution in [0.3, 0.4) is 0 Å². The highest BCUT2D eigenvalue weighted by Gasteiger charge is 2.58. The number of amides is 1. The summed E-state index contributed by atoms with van der Waals surface area (Å²) in [6.07, 6.45) is 4.14. The Morgan fingerprint density at radius 3 is 2.11 bits per heavy atom. The van der Waals surface area contributed by atoms with Gasteiger partial charge in [0.2, 0.25) is 0 Å². The summed E-state index contributed by atoms with van der Waals surface area (Å²) in [5.74, 6) is 1.33. The van der Waals surface area contributed by atoms with E-state index >= 15 is 0 Å². The lowest BCUT2D eigenvalue weighted by Crippen LogP contribution is -2.60. The van der Waals surface area contributed by atoms with Gasteiger partial charge in [-0.25, -0.2) is 0 Å². The van der Waals surface area contributed by atoms with Crippen LogP contribution in [0.4, 0.5) is 0 Å². The molecule has 194 valence electrons. The molecule has 2 aromatic rings. The third kappa shape index (κ3) is 4.77. The van der Waals surface area contributed by atoms with Crippen molar-refractivity contribution in [2.45, 2.75) is 66.3 Å². The molecule has 0 heterocycles. The number of carbonyl (C=O) groups excluding carboxylic acids is 2. The van der Waals surface area contributed by atoms with Gasteiger partial charge < -0.3 is 14.8 Å². The number of hydrogen-bond acceptors (Lipinski definition) is 4. The van der Waals surface area contributed by atoms with Crippen LogP contribution in [-0.2, 0) is 0 Å². The van der Waals surface area contributed by atoms with E-state index in [0.717, 1.165) is 31.2 Å². The summed E-state index contributed by atoms with van der Waals surface area (Å²) in [6, 6.07) is 13.0. The topological polar surface area (TPSA) is 64.6 Å². The number of methoxy groups -OCH3 is 2. The molecule has 4 rings (SSSR count). The van der Waals surface area contributed by atoms with Crippen molar-refractivity contribution in [2.24, 2.45) is 28.6 Å². The average molecular weight is 492 g/mol. The summed E-state index contributed by atoms with van der Waals surface area (Å²) in [6.45, 7) is 11.1. The second kappa shape index (κ2) is 9.91. The Balaban J connectivity index is 1.73. The van der Waals surface area contributed by atoms with Gasteiger partial charge in [-0.2, -0.15) is 0 Å². The molecular weight excluding hydrogens is 450 g/mol. The number of rotatable bonds is 6. The fourth-order valence-electron chi connectivity index (χ4n) is 7.24. The Morgan fingerprint density at radius 1 is 0.917 bits per heavy atom. The summed E-state index contributed by atoms with van der Waals surface area (Å²) in [7, 11) is 3.20. The molecule has 1 N–H and O–H groups in total. The van der Waals surface area contributed by atoms with Gasteiger partial charge in [-0.1, -0.05) is 51.8 Å². The normalized spacial score (nSPS) is 29.1. The second-order valence-corrected chi connectivity index (χ2v) is 11.9. The van der Waals surface area contributed by atoms with Crippen LogP contribution in [0.2, 0.25) is 0 Å². The highest BCUT2D eigenvalue weighted by Crippen LogP contribution is 2.61. The zero-order valence-electron chi connectivity index (χ0n) is 22.8. The van der Waals surface area contributed by atoms with Crippen LogP contribution in [0.15, 0.2) is 42.5 Å². The molecule has 0 aliphatic heterocycles. The number of hydrogen-bond donors (Lipinski definition) is 1. The molecule has 2 aliphatic rings. The molecular formula is C31H41NO4. The molecule has 2 saturated carbocycles. The van der Waals surface area contributed by atoms with Gasteiger partial charge in [0.15, 0.2) is 5.78 Å². The monoisotopic (exact) mass is 491 g/mol.